The summed E-state index contributed by atoms with van der Waals surface area (Å²) in [5.41, 5.74) is 1.55. The highest BCUT2D eigenvalue weighted by atomic mass is 35.5. The molecule has 2 heterocycles. The number of rotatable bonds is 8. The molecule has 2 aromatic heterocycles. The second kappa shape index (κ2) is 9.38. The van der Waals surface area contributed by atoms with Gasteiger partial charge in [-0.1, -0.05) is 11.6 Å². The minimum Gasteiger partial charge on any atom is -0.495 e. The molecule has 0 radical (unpaired) electrons. The van der Waals surface area contributed by atoms with Crippen molar-refractivity contribution in [1.29, 1.82) is 0 Å². The van der Waals surface area contributed by atoms with Crippen LogP contribution in [0.15, 0.2) is 46.4 Å². The molecule has 3 rings (SSSR count). The topological polar surface area (TPSA) is 93.5 Å². The van der Waals surface area contributed by atoms with E-state index in [0.29, 0.717) is 28.9 Å². The molecule has 0 fully saturated rings. The third-order valence-corrected chi connectivity index (χ3v) is 4.86. The zero-order valence-electron chi connectivity index (χ0n) is 15.0. The summed E-state index contributed by atoms with van der Waals surface area (Å²) in [5.74, 6) is 0.376. The Kier molecular flexibility index (Phi) is 6.67. The summed E-state index contributed by atoms with van der Waals surface area (Å²) in [6.07, 6.45) is 2.21. The maximum absolute atomic E-state index is 12.1. The summed E-state index contributed by atoms with van der Waals surface area (Å²) in [6.45, 7) is 0.375. The van der Waals surface area contributed by atoms with Crippen LogP contribution in [0.4, 0.5) is 5.13 Å². The Morgan fingerprint density at radius 1 is 1.32 bits per heavy atom. The monoisotopic (exact) mass is 419 g/mol. The van der Waals surface area contributed by atoms with Crippen LogP contribution in [-0.2, 0) is 4.79 Å². The molecular weight excluding hydrogens is 402 g/mol. The number of amides is 2. The Balaban J connectivity index is 1.46. The molecule has 2 N–H and O–H groups in total. The number of hydrogen-bond donors (Lipinski definition) is 2. The first-order valence-corrected chi connectivity index (χ1v) is 9.73. The molecule has 146 valence electrons. The fourth-order valence-electron chi connectivity index (χ4n) is 2.42. The number of carbonyl (C=O) groups excluding carboxylic acids is 2. The van der Waals surface area contributed by atoms with Gasteiger partial charge in [0.1, 0.15) is 5.75 Å². The van der Waals surface area contributed by atoms with Crippen molar-refractivity contribution in [3.8, 4) is 17.0 Å². The van der Waals surface area contributed by atoms with Gasteiger partial charge in [-0.25, -0.2) is 4.98 Å². The van der Waals surface area contributed by atoms with Crippen LogP contribution in [0.3, 0.4) is 0 Å². The summed E-state index contributed by atoms with van der Waals surface area (Å²) in [5, 5.41) is 8.31. The number of hydrogen-bond acceptors (Lipinski definition) is 6. The van der Waals surface area contributed by atoms with Crippen LogP contribution >= 0.6 is 22.9 Å². The smallest absolute Gasteiger partial charge is 0.286 e. The van der Waals surface area contributed by atoms with Crippen molar-refractivity contribution in [2.75, 3.05) is 19.0 Å². The number of halogens is 1. The van der Waals surface area contributed by atoms with Crippen molar-refractivity contribution in [2.24, 2.45) is 0 Å². The second-order valence-corrected chi connectivity index (χ2v) is 7.04. The van der Waals surface area contributed by atoms with Crippen LogP contribution in [0.25, 0.3) is 11.3 Å². The van der Waals surface area contributed by atoms with Crippen molar-refractivity contribution in [2.45, 2.75) is 12.8 Å². The van der Waals surface area contributed by atoms with Crippen LogP contribution in [0, 0.1) is 0 Å². The van der Waals surface area contributed by atoms with Crippen LogP contribution in [0.5, 0.6) is 5.75 Å². The predicted molar refractivity (Wildman–Crippen MR) is 108 cm³/mol. The van der Waals surface area contributed by atoms with E-state index in [1.165, 1.54) is 17.6 Å². The first-order valence-electron chi connectivity index (χ1n) is 8.48. The number of anilines is 1. The van der Waals surface area contributed by atoms with Crippen molar-refractivity contribution in [3.63, 3.8) is 0 Å². The number of ether oxygens (including phenoxy) is 1. The Morgan fingerprint density at radius 3 is 2.89 bits per heavy atom. The van der Waals surface area contributed by atoms with Crippen LogP contribution in [0.1, 0.15) is 23.4 Å². The molecule has 28 heavy (non-hydrogen) atoms. The zero-order chi connectivity index (χ0) is 19.9. The van der Waals surface area contributed by atoms with E-state index in [0.717, 1.165) is 11.3 Å². The van der Waals surface area contributed by atoms with Gasteiger partial charge >= 0.3 is 0 Å². The summed E-state index contributed by atoms with van der Waals surface area (Å²) < 4.78 is 10.1. The zero-order valence-corrected chi connectivity index (χ0v) is 16.6. The average Bonchev–Trinajstić information content (AvgIpc) is 3.37. The number of thiazole rings is 1. The Hall–Kier alpha value is -2.84. The lowest BCUT2D eigenvalue weighted by atomic mass is 10.2. The molecule has 0 bridgehead atoms. The summed E-state index contributed by atoms with van der Waals surface area (Å²) in [4.78, 5) is 28.2. The molecule has 1 aromatic carbocycles. The molecule has 0 saturated heterocycles. The van der Waals surface area contributed by atoms with E-state index in [1.807, 2.05) is 11.4 Å². The van der Waals surface area contributed by atoms with Gasteiger partial charge in [0.15, 0.2) is 10.9 Å². The average molecular weight is 420 g/mol. The summed E-state index contributed by atoms with van der Waals surface area (Å²) >= 11 is 7.47. The maximum atomic E-state index is 12.1. The number of nitrogens with zero attached hydrogens (tertiary/aromatic N) is 1. The number of carbonyl (C=O) groups is 2. The van der Waals surface area contributed by atoms with Gasteiger partial charge in [-0.05, 0) is 36.8 Å². The van der Waals surface area contributed by atoms with E-state index in [1.54, 1.807) is 31.4 Å². The number of nitrogens with one attached hydrogen (secondary N) is 2. The molecule has 0 unspecified atom stereocenters. The molecule has 0 spiro atoms. The lowest BCUT2D eigenvalue weighted by Crippen LogP contribution is -2.25. The Bertz CT molecular complexity index is 956. The summed E-state index contributed by atoms with van der Waals surface area (Å²) in [6, 6.07) is 8.62. The third kappa shape index (κ3) is 5.11. The number of methoxy groups -OCH3 is 1. The van der Waals surface area contributed by atoms with E-state index in [9.17, 15) is 9.59 Å². The number of furan rings is 1. The third-order valence-electron chi connectivity index (χ3n) is 3.81. The quantitative estimate of drug-likeness (QED) is 0.533. The molecule has 0 aliphatic carbocycles. The van der Waals surface area contributed by atoms with Crippen molar-refractivity contribution >= 4 is 39.9 Å². The van der Waals surface area contributed by atoms with Gasteiger partial charge < -0.3 is 19.8 Å². The first-order chi connectivity index (χ1) is 13.6. The van der Waals surface area contributed by atoms with Crippen LogP contribution < -0.4 is 15.4 Å². The molecule has 0 saturated carbocycles. The summed E-state index contributed by atoms with van der Waals surface area (Å²) in [7, 11) is 1.56. The van der Waals surface area contributed by atoms with Gasteiger partial charge in [-0.2, -0.15) is 0 Å². The lowest BCUT2D eigenvalue weighted by Gasteiger charge is -2.04. The van der Waals surface area contributed by atoms with E-state index in [2.05, 4.69) is 15.6 Å². The highest BCUT2D eigenvalue weighted by Crippen LogP contribution is 2.31. The molecule has 0 atom stereocenters. The van der Waals surface area contributed by atoms with E-state index in [-0.39, 0.29) is 24.0 Å². The molecule has 0 aliphatic heterocycles. The minimum absolute atomic E-state index is 0.166. The van der Waals surface area contributed by atoms with E-state index >= 15 is 0 Å². The Morgan fingerprint density at radius 2 is 2.18 bits per heavy atom. The highest BCUT2D eigenvalue weighted by molar-refractivity contribution is 7.14. The van der Waals surface area contributed by atoms with Gasteiger partial charge in [0.25, 0.3) is 5.91 Å². The molecule has 0 aliphatic rings. The molecule has 3 aromatic rings. The van der Waals surface area contributed by atoms with E-state index in [4.69, 9.17) is 20.8 Å². The van der Waals surface area contributed by atoms with E-state index < -0.39 is 0 Å². The Labute approximate surface area is 170 Å². The van der Waals surface area contributed by atoms with Gasteiger partial charge in [0.05, 0.1) is 24.1 Å². The molecule has 9 heteroatoms. The number of benzene rings is 1. The highest BCUT2D eigenvalue weighted by Gasteiger charge is 2.11. The fourth-order valence-corrected chi connectivity index (χ4v) is 3.41. The minimum atomic E-state index is -0.298. The maximum Gasteiger partial charge on any atom is 0.286 e. The normalized spacial score (nSPS) is 10.5. The molecule has 7 nitrogen and oxygen atoms in total. The largest absolute Gasteiger partial charge is 0.495 e. The van der Waals surface area contributed by atoms with Gasteiger partial charge in [0.2, 0.25) is 5.91 Å². The van der Waals surface area contributed by atoms with Gasteiger partial charge in [-0.15, -0.1) is 11.3 Å². The van der Waals surface area contributed by atoms with Gasteiger partial charge in [-0.3, -0.25) is 9.59 Å². The van der Waals surface area contributed by atoms with Gasteiger partial charge in [0, 0.05) is 23.9 Å². The predicted octanol–water partition coefficient (Wildman–Crippen LogP) is 4.21. The van der Waals surface area contributed by atoms with Crippen LogP contribution in [-0.4, -0.2) is 30.5 Å². The van der Waals surface area contributed by atoms with Crippen molar-refractivity contribution < 1.29 is 18.7 Å². The van der Waals surface area contributed by atoms with Crippen molar-refractivity contribution in [1.82, 2.24) is 10.3 Å². The van der Waals surface area contributed by atoms with Crippen LogP contribution in [0.2, 0.25) is 5.02 Å². The second-order valence-electron chi connectivity index (χ2n) is 5.77. The number of aromatic nitrogens is 1. The molecule has 2 amide bonds. The standard InChI is InChI=1S/C19H18ClN3O4S/c1-26-15-7-6-12(10-13(15)20)14-11-28-19(22-14)23-17(24)5-2-8-21-18(25)16-4-3-9-27-16/h3-4,6-7,9-11H,2,5,8H2,1H3,(H,21,25)(H,22,23,24). The first kappa shape index (κ1) is 19.9. The SMILES string of the molecule is COc1ccc(-c2csc(NC(=O)CCCNC(=O)c3ccco3)n2)cc1Cl. The molecular formula is C19H18ClN3O4S. The fraction of sp³-hybridized carbons (Fsp3) is 0.211. The lowest BCUT2D eigenvalue weighted by molar-refractivity contribution is -0.116. The van der Waals surface area contributed by atoms with Crippen molar-refractivity contribution in [3.05, 3.63) is 52.8 Å².